The monoisotopic (exact) mass is 369 g/mol. The molecule has 0 aliphatic carbocycles. The fourth-order valence-electron chi connectivity index (χ4n) is 2.75. The minimum absolute atomic E-state index is 0.0477. The van der Waals surface area contributed by atoms with Crippen LogP contribution in [0.3, 0.4) is 0 Å². The van der Waals surface area contributed by atoms with Crippen molar-refractivity contribution in [3.05, 3.63) is 53.6 Å². The van der Waals surface area contributed by atoms with E-state index < -0.39 is 0 Å². The lowest BCUT2D eigenvalue weighted by Crippen LogP contribution is -2.24. The average Bonchev–Trinajstić information content (AvgIpc) is 2.65. The van der Waals surface area contributed by atoms with Crippen LogP contribution in [-0.4, -0.2) is 32.5 Å². The molecule has 0 unspecified atom stereocenters. The molecular weight excluding hydrogens is 342 g/mol. The Kier molecular flexibility index (Phi) is 6.45. The van der Waals surface area contributed by atoms with Gasteiger partial charge >= 0.3 is 0 Å². The summed E-state index contributed by atoms with van der Waals surface area (Å²) in [5.74, 6) is 0.175. The molecule has 27 heavy (non-hydrogen) atoms. The quantitative estimate of drug-likeness (QED) is 0.729. The normalized spacial score (nSPS) is 10.9. The van der Waals surface area contributed by atoms with Crippen molar-refractivity contribution in [3.8, 4) is 5.75 Å². The molecule has 0 heterocycles. The number of benzene rings is 2. The van der Waals surface area contributed by atoms with Crippen LogP contribution in [0.2, 0.25) is 0 Å². The minimum atomic E-state index is -0.204. The van der Waals surface area contributed by atoms with Gasteiger partial charge in [0.1, 0.15) is 5.75 Å². The molecule has 0 aliphatic heterocycles. The van der Waals surface area contributed by atoms with Crippen molar-refractivity contribution in [2.45, 2.75) is 26.2 Å². The van der Waals surface area contributed by atoms with Gasteiger partial charge in [-0.1, -0.05) is 39.0 Å². The van der Waals surface area contributed by atoms with Gasteiger partial charge in [-0.3, -0.25) is 9.59 Å². The highest BCUT2D eigenvalue weighted by atomic mass is 16.5. The Morgan fingerprint density at radius 1 is 1.04 bits per heavy atom. The molecule has 6 nitrogen and oxygen atoms in total. The zero-order valence-corrected chi connectivity index (χ0v) is 16.5. The van der Waals surface area contributed by atoms with Crippen molar-refractivity contribution >= 4 is 23.2 Å². The van der Waals surface area contributed by atoms with E-state index in [2.05, 4.69) is 36.7 Å². The van der Waals surface area contributed by atoms with E-state index in [-0.39, 0.29) is 23.8 Å². The predicted molar refractivity (Wildman–Crippen MR) is 109 cm³/mol. The fourth-order valence-corrected chi connectivity index (χ4v) is 2.75. The highest BCUT2D eigenvalue weighted by molar-refractivity contribution is 5.97. The molecule has 144 valence electrons. The molecule has 0 radical (unpaired) electrons. The van der Waals surface area contributed by atoms with Gasteiger partial charge in [0.15, 0.2) is 0 Å². The van der Waals surface area contributed by atoms with E-state index in [4.69, 9.17) is 4.74 Å². The van der Waals surface area contributed by atoms with E-state index in [9.17, 15) is 9.59 Å². The summed E-state index contributed by atoms with van der Waals surface area (Å²) in [5, 5.41) is 8.57. The number of carbonyl (C=O) groups is 2. The number of ether oxygens (including phenoxy) is 1. The molecule has 0 spiro atoms. The molecule has 0 aromatic heterocycles. The maximum absolute atomic E-state index is 12.4. The predicted octanol–water partition coefficient (Wildman–Crippen LogP) is 3.40. The summed E-state index contributed by atoms with van der Waals surface area (Å²) < 4.78 is 5.30. The molecule has 2 aromatic rings. The van der Waals surface area contributed by atoms with Gasteiger partial charge in [0.2, 0.25) is 5.91 Å². The zero-order chi connectivity index (χ0) is 20.0. The molecule has 0 atom stereocenters. The van der Waals surface area contributed by atoms with Crippen molar-refractivity contribution in [1.29, 1.82) is 0 Å². The summed E-state index contributed by atoms with van der Waals surface area (Å²) in [5.41, 5.74) is 2.85. The van der Waals surface area contributed by atoms with Crippen LogP contribution in [0.15, 0.2) is 42.5 Å². The van der Waals surface area contributed by atoms with E-state index in [0.29, 0.717) is 17.0 Å². The lowest BCUT2D eigenvalue weighted by Gasteiger charge is -2.23. The van der Waals surface area contributed by atoms with Gasteiger partial charge in [-0.2, -0.15) is 0 Å². The number of rotatable bonds is 6. The molecule has 0 saturated heterocycles. The first kappa shape index (κ1) is 20.3. The number of hydrogen-bond acceptors (Lipinski definition) is 4. The molecule has 2 aromatic carbocycles. The summed E-state index contributed by atoms with van der Waals surface area (Å²) >= 11 is 0. The molecule has 2 amide bonds. The van der Waals surface area contributed by atoms with Crippen molar-refractivity contribution in [3.63, 3.8) is 0 Å². The van der Waals surface area contributed by atoms with Gasteiger partial charge in [-0.15, -0.1) is 0 Å². The minimum Gasteiger partial charge on any atom is -0.495 e. The van der Waals surface area contributed by atoms with Crippen LogP contribution in [0.4, 0.5) is 11.4 Å². The number of para-hydroxylation sites is 1. The molecule has 0 aliphatic rings. The van der Waals surface area contributed by atoms with Gasteiger partial charge in [-0.05, 0) is 35.2 Å². The topological polar surface area (TPSA) is 79.5 Å². The van der Waals surface area contributed by atoms with Gasteiger partial charge in [0, 0.05) is 18.3 Å². The van der Waals surface area contributed by atoms with Gasteiger partial charge in [-0.25, -0.2) is 0 Å². The Labute approximate surface area is 160 Å². The Morgan fingerprint density at radius 2 is 1.74 bits per heavy atom. The lowest BCUT2D eigenvalue weighted by molar-refractivity contribution is -0.114. The van der Waals surface area contributed by atoms with Crippen LogP contribution in [0.5, 0.6) is 5.75 Å². The second kappa shape index (κ2) is 8.58. The smallest absolute Gasteiger partial charge is 0.251 e. The van der Waals surface area contributed by atoms with Crippen LogP contribution >= 0.6 is 0 Å². The molecule has 0 bridgehead atoms. The third-order valence-electron chi connectivity index (χ3n) is 4.14. The van der Waals surface area contributed by atoms with Crippen LogP contribution < -0.4 is 20.7 Å². The average molecular weight is 369 g/mol. The van der Waals surface area contributed by atoms with E-state index in [0.717, 1.165) is 11.3 Å². The highest BCUT2D eigenvalue weighted by Crippen LogP contribution is 2.29. The summed E-state index contributed by atoms with van der Waals surface area (Å²) in [6, 6.07) is 12.8. The van der Waals surface area contributed by atoms with Crippen molar-refractivity contribution in [2.75, 3.05) is 31.3 Å². The first-order valence-corrected chi connectivity index (χ1v) is 8.79. The van der Waals surface area contributed by atoms with Crippen LogP contribution in [-0.2, 0) is 10.2 Å². The SMILES string of the molecule is CNC(=O)c1ccc(OC)c(NCC(=O)Nc2ccccc2C(C)(C)C)c1. The summed E-state index contributed by atoms with van der Waals surface area (Å²) in [7, 11) is 3.11. The molecule has 6 heteroatoms. The number of nitrogens with one attached hydrogen (secondary N) is 3. The maximum Gasteiger partial charge on any atom is 0.251 e. The summed E-state index contributed by atoms with van der Waals surface area (Å²) in [6.45, 7) is 6.36. The Morgan fingerprint density at radius 3 is 2.37 bits per heavy atom. The largest absolute Gasteiger partial charge is 0.495 e. The summed E-state index contributed by atoms with van der Waals surface area (Å²) in [6.07, 6.45) is 0. The number of methoxy groups -OCH3 is 1. The van der Waals surface area contributed by atoms with Crippen LogP contribution in [0.1, 0.15) is 36.7 Å². The standard InChI is InChI=1S/C21H27N3O3/c1-21(2,3)15-8-6-7-9-16(15)24-19(25)13-23-17-12-14(20(26)22-4)10-11-18(17)27-5/h6-12,23H,13H2,1-5H3,(H,22,26)(H,24,25). The summed E-state index contributed by atoms with van der Waals surface area (Å²) in [4.78, 5) is 24.3. The highest BCUT2D eigenvalue weighted by Gasteiger charge is 2.18. The lowest BCUT2D eigenvalue weighted by atomic mass is 9.86. The van der Waals surface area contributed by atoms with Gasteiger partial charge in [0.05, 0.1) is 19.3 Å². The van der Waals surface area contributed by atoms with Crippen molar-refractivity contribution < 1.29 is 14.3 Å². The Bertz CT molecular complexity index is 826. The van der Waals surface area contributed by atoms with E-state index in [1.807, 2.05) is 24.3 Å². The molecule has 0 fully saturated rings. The Balaban J connectivity index is 2.11. The van der Waals surface area contributed by atoms with Crippen molar-refractivity contribution in [2.24, 2.45) is 0 Å². The second-order valence-corrected chi connectivity index (χ2v) is 7.19. The first-order valence-electron chi connectivity index (χ1n) is 8.79. The zero-order valence-electron chi connectivity index (χ0n) is 16.5. The number of carbonyl (C=O) groups excluding carboxylic acids is 2. The molecule has 2 rings (SSSR count). The molecular formula is C21H27N3O3. The third-order valence-corrected chi connectivity index (χ3v) is 4.14. The number of hydrogen-bond donors (Lipinski definition) is 3. The third kappa shape index (κ3) is 5.23. The van der Waals surface area contributed by atoms with Crippen LogP contribution in [0, 0.1) is 0 Å². The van der Waals surface area contributed by atoms with E-state index in [1.165, 1.54) is 0 Å². The first-order chi connectivity index (χ1) is 12.8. The second-order valence-electron chi connectivity index (χ2n) is 7.19. The number of anilines is 2. The van der Waals surface area contributed by atoms with E-state index >= 15 is 0 Å². The van der Waals surface area contributed by atoms with Gasteiger partial charge in [0.25, 0.3) is 5.91 Å². The van der Waals surface area contributed by atoms with Gasteiger partial charge < -0.3 is 20.7 Å². The van der Waals surface area contributed by atoms with Crippen molar-refractivity contribution in [1.82, 2.24) is 5.32 Å². The Hall–Kier alpha value is -3.02. The number of amides is 2. The van der Waals surface area contributed by atoms with Crippen LogP contribution in [0.25, 0.3) is 0 Å². The fraction of sp³-hybridized carbons (Fsp3) is 0.333. The maximum atomic E-state index is 12.4. The molecule has 3 N–H and O–H groups in total. The van der Waals surface area contributed by atoms with E-state index in [1.54, 1.807) is 32.4 Å². The molecule has 0 saturated carbocycles.